The zero-order valence-electron chi connectivity index (χ0n) is 12.7. The fourth-order valence-electron chi connectivity index (χ4n) is 3.71. The number of rotatable bonds is 4. The lowest BCUT2D eigenvalue weighted by Gasteiger charge is -2.49. The molecule has 3 nitrogen and oxygen atoms in total. The summed E-state index contributed by atoms with van der Waals surface area (Å²) in [7, 11) is 0. The van der Waals surface area contributed by atoms with Gasteiger partial charge in [-0.1, -0.05) is 13.0 Å². The molecule has 2 fully saturated rings. The number of nitrogens with one attached hydrogen (secondary N) is 1. The van der Waals surface area contributed by atoms with Crippen LogP contribution in [0.3, 0.4) is 0 Å². The summed E-state index contributed by atoms with van der Waals surface area (Å²) < 4.78 is 6.07. The summed E-state index contributed by atoms with van der Waals surface area (Å²) in [4.78, 5) is 4.48. The van der Waals surface area contributed by atoms with E-state index in [9.17, 15) is 0 Å². The summed E-state index contributed by atoms with van der Waals surface area (Å²) in [6.45, 7) is 6.16. The van der Waals surface area contributed by atoms with E-state index < -0.39 is 0 Å². The molecular formula is C17H26N2O. The maximum Gasteiger partial charge on any atom is 0.0686 e. The molecule has 1 saturated carbocycles. The molecule has 1 spiro atoms. The lowest BCUT2D eigenvalue weighted by molar-refractivity contribution is -0.147. The molecule has 3 rings (SSSR count). The smallest absolute Gasteiger partial charge is 0.0686 e. The van der Waals surface area contributed by atoms with Crippen molar-refractivity contribution in [2.24, 2.45) is 5.92 Å². The number of nitrogens with zero attached hydrogens (tertiary/aromatic N) is 1. The van der Waals surface area contributed by atoms with E-state index in [1.807, 2.05) is 13.1 Å². The molecule has 20 heavy (non-hydrogen) atoms. The highest BCUT2D eigenvalue weighted by atomic mass is 16.5. The van der Waals surface area contributed by atoms with Crippen molar-refractivity contribution < 1.29 is 4.74 Å². The van der Waals surface area contributed by atoms with Crippen LogP contribution in [0.25, 0.3) is 0 Å². The van der Waals surface area contributed by atoms with Crippen molar-refractivity contribution in [3.8, 4) is 0 Å². The van der Waals surface area contributed by atoms with Gasteiger partial charge in [0.25, 0.3) is 0 Å². The molecule has 1 aliphatic carbocycles. The summed E-state index contributed by atoms with van der Waals surface area (Å²) in [5, 5.41) is 3.68. The highest BCUT2D eigenvalue weighted by molar-refractivity contribution is 5.19. The Bertz CT molecular complexity index is 439. The first-order valence-corrected chi connectivity index (χ1v) is 8.02. The highest BCUT2D eigenvalue weighted by Crippen LogP contribution is 2.47. The summed E-state index contributed by atoms with van der Waals surface area (Å²) in [5.74, 6) is 0.675. The van der Waals surface area contributed by atoms with Crippen LogP contribution in [0, 0.1) is 12.8 Å². The predicted octanol–water partition coefficient (Wildman–Crippen LogP) is 3.39. The van der Waals surface area contributed by atoms with Crippen LogP contribution >= 0.6 is 0 Å². The van der Waals surface area contributed by atoms with Crippen molar-refractivity contribution in [2.45, 2.75) is 57.6 Å². The van der Waals surface area contributed by atoms with E-state index in [-0.39, 0.29) is 5.60 Å². The average Bonchev–Trinajstić information content (AvgIpc) is 2.44. The Balaban J connectivity index is 1.77. The van der Waals surface area contributed by atoms with E-state index in [4.69, 9.17) is 4.74 Å². The molecule has 1 aromatic rings. The lowest BCUT2D eigenvalue weighted by atomic mass is 9.69. The first kappa shape index (κ1) is 14.0. The van der Waals surface area contributed by atoms with Crippen molar-refractivity contribution in [1.82, 2.24) is 10.3 Å². The summed E-state index contributed by atoms with van der Waals surface area (Å²) in [6.07, 6.45) is 8.27. The Morgan fingerprint density at radius 2 is 2.30 bits per heavy atom. The van der Waals surface area contributed by atoms with Crippen LogP contribution in [-0.2, 0) is 4.74 Å². The van der Waals surface area contributed by atoms with E-state index in [1.165, 1.54) is 31.2 Å². The monoisotopic (exact) mass is 274 g/mol. The maximum absolute atomic E-state index is 6.07. The molecule has 2 unspecified atom stereocenters. The van der Waals surface area contributed by atoms with Crippen LogP contribution in [-0.4, -0.2) is 23.7 Å². The maximum atomic E-state index is 6.07. The van der Waals surface area contributed by atoms with Gasteiger partial charge in [-0.3, -0.25) is 4.98 Å². The number of pyridine rings is 1. The summed E-state index contributed by atoms with van der Waals surface area (Å²) in [5.41, 5.74) is 2.64. The molecule has 2 aliphatic rings. The standard InChI is InChI=1S/C17H26N2O/c1-3-18-16(15-6-5-13(2)19-12-15)14-7-10-20-17(11-14)8-4-9-17/h5-6,12,14,16,18H,3-4,7-11H2,1-2H3. The summed E-state index contributed by atoms with van der Waals surface area (Å²) in [6, 6.07) is 4.78. The minimum absolute atomic E-state index is 0.217. The first-order valence-electron chi connectivity index (χ1n) is 8.02. The molecule has 1 saturated heterocycles. The van der Waals surface area contributed by atoms with Gasteiger partial charge in [0.05, 0.1) is 5.60 Å². The molecule has 2 atom stereocenters. The van der Waals surface area contributed by atoms with Crippen LogP contribution in [0.4, 0.5) is 0 Å². The molecule has 0 bridgehead atoms. The minimum Gasteiger partial charge on any atom is -0.375 e. The molecule has 1 aromatic heterocycles. The van der Waals surface area contributed by atoms with E-state index in [2.05, 4.69) is 29.4 Å². The quantitative estimate of drug-likeness (QED) is 0.914. The van der Waals surface area contributed by atoms with Gasteiger partial charge in [-0.25, -0.2) is 0 Å². The number of ether oxygens (including phenoxy) is 1. The largest absolute Gasteiger partial charge is 0.375 e. The molecule has 110 valence electrons. The fourth-order valence-corrected chi connectivity index (χ4v) is 3.71. The predicted molar refractivity (Wildman–Crippen MR) is 80.6 cm³/mol. The normalized spacial score (nSPS) is 26.2. The number of aromatic nitrogens is 1. The van der Waals surface area contributed by atoms with Crippen LogP contribution < -0.4 is 5.32 Å². The number of aryl methyl sites for hydroxylation is 1. The van der Waals surface area contributed by atoms with Crippen LogP contribution in [0.1, 0.15) is 56.3 Å². The zero-order valence-corrected chi connectivity index (χ0v) is 12.7. The van der Waals surface area contributed by atoms with Crippen molar-refractivity contribution in [3.63, 3.8) is 0 Å². The fraction of sp³-hybridized carbons (Fsp3) is 0.706. The summed E-state index contributed by atoms with van der Waals surface area (Å²) >= 11 is 0. The van der Waals surface area contributed by atoms with Gasteiger partial charge >= 0.3 is 0 Å². The van der Waals surface area contributed by atoms with Crippen LogP contribution in [0.15, 0.2) is 18.3 Å². The third kappa shape index (κ3) is 2.75. The Labute approximate surface area is 122 Å². The molecule has 2 heterocycles. The van der Waals surface area contributed by atoms with E-state index in [0.717, 1.165) is 25.3 Å². The highest BCUT2D eigenvalue weighted by Gasteiger charge is 2.44. The minimum atomic E-state index is 0.217. The van der Waals surface area contributed by atoms with Gasteiger partial charge in [-0.15, -0.1) is 0 Å². The molecule has 0 aromatic carbocycles. The first-order chi connectivity index (χ1) is 9.72. The second kappa shape index (κ2) is 5.82. The Hall–Kier alpha value is -0.930. The second-order valence-electron chi connectivity index (χ2n) is 6.41. The van der Waals surface area contributed by atoms with E-state index in [0.29, 0.717) is 12.0 Å². The molecular weight excluding hydrogens is 248 g/mol. The number of hydrogen-bond acceptors (Lipinski definition) is 3. The van der Waals surface area contributed by atoms with Gasteiger partial charge in [0.2, 0.25) is 0 Å². The molecule has 3 heteroatoms. The van der Waals surface area contributed by atoms with E-state index >= 15 is 0 Å². The van der Waals surface area contributed by atoms with Crippen molar-refractivity contribution in [3.05, 3.63) is 29.6 Å². The number of hydrogen-bond donors (Lipinski definition) is 1. The SMILES string of the molecule is CCNC(c1ccc(C)nc1)C1CCOC2(CCC2)C1. The molecule has 1 aliphatic heterocycles. The van der Waals surface area contributed by atoms with Gasteiger partial charge in [0.15, 0.2) is 0 Å². The zero-order chi connectivity index (χ0) is 14.0. The van der Waals surface area contributed by atoms with Gasteiger partial charge in [-0.05, 0) is 63.1 Å². The Kier molecular flexibility index (Phi) is 4.08. The van der Waals surface area contributed by atoms with Gasteiger partial charge in [0, 0.05) is 24.5 Å². The molecule has 0 radical (unpaired) electrons. The van der Waals surface area contributed by atoms with Gasteiger partial charge in [-0.2, -0.15) is 0 Å². The topological polar surface area (TPSA) is 34.2 Å². The molecule has 0 amide bonds. The van der Waals surface area contributed by atoms with Crippen molar-refractivity contribution in [1.29, 1.82) is 0 Å². The lowest BCUT2D eigenvalue weighted by Crippen LogP contribution is -2.48. The average molecular weight is 274 g/mol. The van der Waals surface area contributed by atoms with E-state index in [1.54, 1.807) is 0 Å². The van der Waals surface area contributed by atoms with Gasteiger partial charge < -0.3 is 10.1 Å². The van der Waals surface area contributed by atoms with Crippen molar-refractivity contribution >= 4 is 0 Å². The second-order valence-corrected chi connectivity index (χ2v) is 6.41. The third-order valence-electron chi connectivity index (χ3n) is 4.98. The Morgan fingerprint density at radius 1 is 1.45 bits per heavy atom. The third-order valence-corrected chi connectivity index (χ3v) is 4.98. The molecule has 1 N–H and O–H groups in total. The van der Waals surface area contributed by atoms with Gasteiger partial charge in [0.1, 0.15) is 0 Å². The Morgan fingerprint density at radius 3 is 2.90 bits per heavy atom. The van der Waals surface area contributed by atoms with Crippen LogP contribution in [0.2, 0.25) is 0 Å². The van der Waals surface area contributed by atoms with Crippen LogP contribution in [0.5, 0.6) is 0 Å². The van der Waals surface area contributed by atoms with Crippen molar-refractivity contribution in [2.75, 3.05) is 13.2 Å².